The van der Waals surface area contributed by atoms with E-state index in [0.717, 1.165) is 42.2 Å². The first-order valence-corrected chi connectivity index (χ1v) is 11.0. The summed E-state index contributed by atoms with van der Waals surface area (Å²) in [6.45, 7) is 4.28. The van der Waals surface area contributed by atoms with Crippen molar-refractivity contribution in [2.75, 3.05) is 13.1 Å². The Morgan fingerprint density at radius 1 is 1.14 bits per heavy atom. The molecular formula is C23H21ClN2O2S. The molecule has 5 rings (SSSR count). The van der Waals surface area contributed by atoms with Crippen LogP contribution in [0.1, 0.15) is 36.5 Å². The van der Waals surface area contributed by atoms with E-state index in [4.69, 9.17) is 16.3 Å². The molecule has 0 saturated carbocycles. The number of amidine groups is 1. The number of piperidine rings is 1. The van der Waals surface area contributed by atoms with E-state index in [-0.39, 0.29) is 11.5 Å². The van der Waals surface area contributed by atoms with Gasteiger partial charge in [0.15, 0.2) is 5.17 Å². The molecule has 1 spiro atoms. The number of likely N-dealkylation sites (tertiary alicyclic amines) is 1. The van der Waals surface area contributed by atoms with E-state index in [1.165, 1.54) is 22.9 Å². The number of ether oxygens (including phenoxy) is 1. The Morgan fingerprint density at radius 3 is 2.66 bits per heavy atom. The van der Waals surface area contributed by atoms with E-state index in [9.17, 15) is 4.79 Å². The van der Waals surface area contributed by atoms with Crippen LogP contribution in [0.3, 0.4) is 0 Å². The summed E-state index contributed by atoms with van der Waals surface area (Å²) in [7, 11) is 0. The van der Waals surface area contributed by atoms with Crippen LogP contribution in [0, 0.1) is 0 Å². The number of carbonyl (C=O) groups excluding carboxylic acids is 1. The molecule has 1 amide bonds. The summed E-state index contributed by atoms with van der Waals surface area (Å²) >= 11 is 7.78. The van der Waals surface area contributed by atoms with Crippen LogP contribution in [0.5, 0.6) is 0 Å². The topological polar surface area (TPSA) is 41.9 Å². The maximum atomic E-state index is 12.6. The highest BCUT2D eigenvalue weighted by Gasteiger charge is 2.43. The van der Waals surface area contributed by atoms with Gasteiger partial charge in [-0.3, -0.25) is 4.79 Å². The molecule has 2 aromatic rings. The number of rotatable bonds is 1. The maximum absolute atomic E-state index is 12.6. The van der Waals surface area contributed by atoms with Gasteiger partial charge in [0.2, 0.25) is 0 Å². The van der Waals surface area contributed by atoms with Crippen LogP contribution in [-0.4, -0.2) is 29.1 Å². The minimum Gasteiger partial charge on any atom is -0.365 e. The van der Waals surface area contributed by atoms with Crippen LogP contribution in [0.15, 0.2) is 58.4 Å². The highest BCUT2D eigenvalue weighted by Crippen LogP contribution is 2.45. The van der Waals surface area contributed by atoms with Gasteiger partial charge in [0.1, 0.15) is 0 Å². The van der Waals surface area contributed by atoms with E-state index in [0.29, 0.717) is 16.5 Å². The van der Waals surface area contributed by atoms with Crippen LogP contribution < -0.4 is 0 Å². The van der Waals surface area contributed by atoms with Gasteiger partial charge in [-0.15, -0.1) is 0 Å². The first kappa shape index (κ1) is 18.9. The van der Waals surface area contributed by atoms with E-state index in [2.05, 4.69) is 34.2 Å². The molecule has 0 aromatic heterocycles. The van der Waals surface area contributed by atoms with Gasteiger partial charge in [0.25, 0.3) is 5.91 Å². The smallest absolute Gasteiger partial charge is 0.286 e. The zero-order valence-corrected chi connectivity index (χ0v) is 17.7. The third-order valence-corrected chi connectivity index (χ3v) is 7.60. The quantitative estimate of drug-likeness (QED) is 0.588. The molecule has 0 bridgehead atoms. The van der Waals surface area contributed by atoms with E-state index < -0.39 is 0 Å². The first-order chi connectivity index (χ1) is 14.1. The van der Waals surface area contributed by atoms with Crippen LogP contribution in [0.25, 0.3) is 5.57 Å². The van der Waals surface area contributed by atoms with E-state index >= 15 is 0 Å². The zero-order valence-electron chi connectivity index (χ0n) is 16.2. The molecule has 1 fully saturated rings. The van der Waals surface area contributed by atoms with Crippen molar-refractivity contribution in [2.45, 2.75) is 32.0 Å². The Morgan fingerprint density at radius 2 is 1.86 bits per heavy atom. The van der Waals surface area contributed by atoms with Crippen molar-refractivity contribution in [3.8, 4) is 0 Å². The van der Waals surface area contributed by atoms with Gasteiger partial charge in [-0.1, -0.05) is 54.1 Å². The van der Waals surface area contributed by atoms with Gasteiger partial charge in [0.05, 0.1) is 17.1 Å². The highest BCUT2D eigenvalue weighted by molar-refractivity contribution is 8.18. The standard InChI is InChI=1S/C23H21ClN2O2S/c1-15(17-7-3-5-9-19(17)24)20-21(27)25-22(29-20)26-12-10-23(11-13-26)18-8-4-2-6-16(18)14-28-23/h2-9H,10-14H2,1H3/b20-15+. The fourth-order valence-corrected chi connectivity index (χ4v) is 5.71. The van der Waals surface area contributed by atoms with Gasteiger partial charge in [-0.2, -0.15) is 4.99 Å². The van der Waals surface area contributed by atoms with Crippen molar-refractivity contribution in [2.24, 2.45) is 4.99 Å². The summed E-state index contributed by atoms with van der Waals surface area (Å²) in [4.78, 5) is 19.8. The SMILES string of the molecule is C/C(=C1\SC(N2CCC3(CC2)OCc2ccccc23)=NC1=O)c1ccccc1Cl. The lowest BCUT2D eigenvalue weighted by molar-refractivity contribution is -0.113. The average molecular weight is 425 g/mol. The molecule has 29 heavy (non-hydrogen) atoms. The fraction of sp³-hybridized carbons (Fsp3) is 0.304. The number of hydrogen-bond donors (Lipinski definition) is 0. The molecule has 3 heterocycles. The number of nitrogens with zero attached hydrogens (tertiary/aromatic N) is 2. The number of aliphatic imine (C=N–C) groups is 1. The predicted molar refractivity (Wildman–Crippen MR) is 118 cm³/mol. The van der Waals surface area contributed by atoms with Crippen LogP contribution in [0.2, 0.25) is 5.02 Å². The van der Waals surface area contributed by atoms with Crippen LogP contribution in [-0.2, 0) is 21.7 Å². The average Bonchev–Trinajstić information content (AvgIpc) is 3.30. The second-order valence-corrected chi connectivity index (χ2v) is 9.05. The molecule has 3 aliphatic rings. The van der Waals surface area contributed by atoms with Crippen LogP contribution >= 0.6 is 23.4 Å². The molecule has 0 unspecified atom stereocenters. The van der Waals surface area contributed by atoms with Crippen molar-refractivity contribution in [1.82, 2.24) is 4.90 Å². The largest absolute Gasteiger partial charge is 0.365 e. The number of benzene rings is 2. The van der Waals surface area contributed by atoms with Crippen molar-refractivity contribution in [3.05, 3.63) is 75.1 Å². The zero-order chi connectivity index (χ0) is 20.0. The molecular weight excluding hydrogens is 404 g/mol. The molecule has 148 valence electrons. The Kier molecular flexibility index (Phi) is 4.77. The monoisotopic (exact) mass is 424 g/mol. The van der Waals surface area contributed by atoms with E-state index in [1.54, 1.807) is 0 Å². The number of allylic oxidation sites excluding steroid dienone is 1. The molecule has 3 aliphatic heterocycles. The molecule has 2 aromatic carbocycles. The van der Waals surface area contributed by atoms with Crippen LogP contribution in [0.4, 0.5) is 0 Å². The summed E-state index contributed by atoms with van der Waals surface area (Å²) in [6, 6.07) is 16.1. The van der Waals surface area contributed by atoms with E-state index in [1.807, 2.05) is 31.2 Å². The Hall–Kier alpha value is -2.08. The normalized spacial score (nSPS) is 22.1. The predicted octanol–water partition coefficient (Wildman–Crippen LogP) is 5.22. The second-order valence-electron chi connectivity index (χ2n) is 7.66. The summed E-state index contributed by atoms with van der Waals surface area (Å²) in [5, 5.41) is 1.44. The van der Waals surface area contributed by atoms with Crippen molar-refractivity contribution in [3.63, 3.8) is 0 Å². The molecule has 4 nitrogen and oxygen atoms in total. The number of fused-ring (bicyclic) bond motifs is 2. The number of halogens is 1. The molecule has 0 radical (unpaired) electrons. The van der Waals surface area contributed by atoms with Gasteiger partial charge in [0, 0.05) is 18.1 Å². The van der Waals surface area contributed by atoms with Crippen molar-refractivity contribution < 1.29 is 9.53 Å². The summed E-state index contributed by atoms with van der Waals surface area (Å²) in [5.41, 5.74) is 4.20. The molecule has 0 atom stereocenters. The number of carbonyl (C=O) groups is 1. The lowest BCUT2D eigenvalue weighted by Gasteiger charge is -2.39. The molecule has 0 N–H and O–H groups in total. The molecule has 0 aliphatic carbocycles. The third-order valence-electron chi connectivity index (χ3n) is 6.06. The third kappa shape index (κ3) is 3.21. The number of thioether (sulfide) groups is 1. The minimum atomic E-state index is -0.187. The van der Waals surface area contributed by atoms with Gasteiger partial charge in [-0.25, -0.2) is 0 Å². The minimum absolute atomic E-state index is 0.176. The Balaban J connectivity index is 1.33. The van der Waals surface area contributed by atoms with Gasteiger partial charge >= 0.3 is 0 Å². The van der Waals surface area contributed by atoms with Crippen molar-refractivity contribution in [1.29, 1.82) is 0 Å². The van der Waals surface area contributed by atoms with Crippen molar-refractivity contribution >= 4 is 40.0 Å². The Labute approximate surface area is 179 Å². The summed E-state index contributed by atoms with van der Waals surface area (Å²) in [6.07, 6.45) is 1.81. The first-order valence-electron chi connectivity index (χ1n) is 9.81. The fourth-order valence-electron chi connectivity index (χ4n) is 4.41. The second kappa shape index (κ2) is 7.31. The number of amides is 1. The highest BCUT2D eigenvalue weighted by atomic mass is 35.5. The Bertz CT molecular complexity index is 1050. The number of hydrogen-bond acceptors (Lipinski definition) is 4. The lowest BCUT2D eigenvalue weighted by Crippen LogP contribution is -2.44. The maximum Gasteiger partial charge on any atom is 0.286 e. The molecule has 1 saturated heterocycles. The van der Waals surface area contributed by atoms with Gasteiger partial charge in [-0.05, 0) is 59.9 Å². The summed E-state index contributed by atoms with van der Waals surface area (Å²) < 4.78 is 6.25. The summed E-state index contributed by atoms with van der Waals surface area (Å²) in [5.74, 6) is -0.176. The molecule has 6 heteroatoms. The lowest BCUT2D eigenvalue weighted by atomic mass is 9.84. The van der Waals surface area contributed by atoms with Gasteiger partial charge < -0.3 is 9.64 Å².